The van der Waals surface area contributed by atoms with E-state index in [1.165, 1.54) is 116 Å². The molecule has 4 aliphatic rings. The molecule has 5 rings (SSSR count). The van der Waals surface area contributed by atoms with Crippen molar-refractivity contribution in [3.8, 4) is 0 Å². The van der Waals surface area contributed by atoms with E-state index < -0.39 is 0 Å². The van der Waals surface area contributed by atoms with Crippen molar-refractivity contribution in [1.29, 1.82) is 0 Å². The number of hydrogen-bond donors (Lipinski definition) is 0. The monoisotopic (exact) mass is 462 g/mol. The van der Waals surface area contributed by atoms with Gasteiger partial charge in [-0.2, -0.15) is 0 Å². The zero-order valence-corrected chi connectivity index (χ0v) is 22.8. The standard InChI is InChI=1S/C34H54/c1-4-7-9-12-28-13-15-29(16-14-28)32(11-6-3)30-17-19-31(20-18-30)34-25-22-33(23-26-34,24-27-34)21-10-8-5-2/h6,17-20,28-29,32H,3-5,7-16,21-27H2,1-2H3/t28-,29-,32?,33?,34?. The van der Waals surface area contributed by atoms with Gasteiger partial charge in [-0.05, 0) is 104 Å². The third-order valence-corrected chi connectivity index (χ3v) is 10.8. The van der Waals surface area contributed by atoms with E-state index in [1.807, 2.05) is 0 Å². The van der Waals surface area contributed by atoms with Crippen molar-refractivity contribution in [2.24, 2.45) is 17.3 Å². The van der Waals surface area contributed by atoms with E-state index in [4.69, 9.17) is 0 Å². The lowest BCUT2D eigenvalue weighted by molar-refractivity contribution is 0.0305. The summed E-state index contributed by atoms with van der Waals surface area (Å²) in [5.74, 6) is 2.54. The molecule has 0 radical (unpaired) electrons. The van der Waals surface area contributed by atoms with Gasteiger partial charge in [0.25, 0.3) is 0 Å². The van der Waals surface area contributed by atoms with Crippen molar-refractivity contribution >= 4 is 0 Å². The Morgan fingerprint density at radius 1 is 0.824 bits per heavy atom. The van der Waals surface area contributed by atoms with Crippen LogP contribution in [0, 0.1) is 17.3 Å². The number of fused-ring (bicyclic) bond motifs is 3. The topological polar surface area (TPSA) is 0 Å². The van der Waals surface area contributed by atoms with Crippen LogP contribution < -0.4 is 0 Å². The minimum Gasteiger partial charge on any atom is -0.103 e. The van der Waals surface area contributed by atoms with Gasteiger partial charge in [-0.25, -0.2) is 0 Å². The minimum atomic E-state index is 0.496. The van der Waals surface area contributed by atoms with E-state index in [0.717, 1.165) is 18.3 Å². The number of allylic oxidation sites excluding steroid dienone is 1. The summed E-state index contributed by atoms with van der Waals surface area (Å²) in [6, 6.07) is 10.2. The molecule has 2 bridgehead atoms. The minimum absolute atomic E-state index is 0.496. The Morgan fingerprint density at radius 2 is 1.44 bits per heavy atom. The maximum Gasteiger partial charge on any atom is -0.00463 e. The largest absolute Gasteiger partial charge is 0.103 e. The fourth-order valence-corrected chi connectivity index (χ4v) is 8.25. The maximum absolute atomic E-state index is 4.14. The van der Waals surface area contributed by atoms with Crippen molar-refractivity contribution in [3.05, 3.63) is 48.0 Å². The normalized spacial score (nSPS) is 31.9. The molecule has 0 saturated heterocycles. The fourth-order valence-electron chi connectivity index (χ4n) is 8.25. The second kappa shape index (κ2) is 12.3. The Bertz CT molecular complexity index is 707. The van der Waals surface area contributed by atoms with Crippen molar-refractivity contribution < 1.29 is 0 Å². The van der Waals surface area contributed by atoms with E-state index >= 15 is 0 Å². The molecule has 4 fully saturated rings. The SMILES string of the molecule is C=CCC(c1ccc(C23CCC(CCCCC)(CC2)CC3)cc1)[C@H]1CC[C@H](CCCCC)CC1. The van der Waals surface area contributed by atoms with Gasteiger partial charge in [0.1, 0.15) is 0 Å². The summed E-state index contributed by atoms with van der Waals surface area (Å²) in [4.78, 5) is 0. The molecule has 1 unspecified atom stereocenters. The highest BCUT2D eigenvalue weighted by atomic mass is 14.5. The van der Waals surface area contributed by atoms with Crippen molar-refractivity contribution in [1.82, 2.24) is 0 Å². The lowest BCUT2D eigenvalue weighted by Crippen LogP contribution is -2.44. The van der Waals surface area contributed by atoms with Crippen LogP contribution in [0.5, 0.6) is 0 Å². The molecule has 0 N–H and O–H groups in total. The smallest absolute Gasteiger partial charge is 0.00463 e. The molecule has 4 saturated carbocycles. The first-order valence-corrected chi connectivity index (χ1v) is 15.3. The van der Waals surface area contributed by atoms with Crippen LogP contribution in [0.4, 0.5) is 0 Å². The van der Waals surface area contributed by atoms with Gasteiger partial charge in [0, 0.05) is 0 Å². The molecule has 4 aliphatic carbocycles. The summed E-state index contributed by atoms with van der Waals surface area (Å²) < 4.78 is 0. The Balaban J connectivity index is 1.35. The first kappa shape index (κ1) is 26.0. The summed E-state index contributed by atoms with van der Waals surface area (Å²) in [5, 5.41) is 0. The summed E-state index contributed by atoms with van der Waals surface area (Å²) in [5.41, 5.74) is 4.46. The number of unbranched alkanes of at least 4 members (excludes halogenated alkanes) is 4. The van der Waals surface area contributed by atoms with Crippen molar-refractivity contribution in [2.45, 2.75) is 147 Å². The van der Waals surface area contributed by atoms with Gasteiger partial charge in [0.15, 0.2) is 0 Å². The Kier molecular flexibility index (Phi) is 9.40. The van der Waals surface area contributed by atoms with Crippen LogP contribution in [0.1, 0.15) is 153 Å². The van der Waals surface area contributed by atoms with Gasteiger partial charge in [-0.3, -0.25) is 0 Å². The Hall–Kier alpha value is -1.04. The quantitative estimate of drug-likeness (QED) is 0.202. The second-order valence-electron chi connectivity index (χ2n) is 12.8. The van der Waals surface area contributed by atoms with Crippen LogP contribution in [0.3, 0.4) is 0 Å². The number of rotatable bonds is 13. The van der Waals surface area contributed by atoms with Gasteiger partial charge in [-0.1, -0.05) is 102 Å². The highest BCUT2D eigenvalue weighted by molar-refractivity contribution is 5.33. The van der Waals surface area contributed by atoms with Crippen LogP contribution in [0.15, 0.2) is 36.9 Å². The van der Waals surface area contributed by atoms with E-state index in [1.54, 1.807) is 11.1 Å². The van der Waals surface area contributed by atoms with E-state index in [2.05, 4.69) is 50.8 Å². The van der Waals surface area contributed by atoms with Crippen LogP contribution >= 0.6 is 0 Å². The van der Waals surface area contributed by atoms with Gasteiger partial charge in [-0.15, -0.1) is 6.58 Å². The second-order valence-corrected chi connectivity index (χ2v) is 12.8. The molecular weight excluding hydrogens is 408 g/mol. The van der Waals surface area contributed by atoms with Crippen LogP contribution in [-0.2, 0) is 5.41 Å². The van der Waals surface area contributed by atoms with Gasteiger partial charge >= 0.3 is 0 Å². The van der Waals surface area contributed by atoms with Crippen molar-refractivity contribution in [2.75, 3.05) is 0 Å². The predicted molar refractivity (Wildman–Crippen MR) is 150 cm³/mol. The fraction of sp³-hybridized carbons (Fsp3) is 0.765. The molecule has 0 aliphatic heterocycles. The highest BCUT2D eigenvalue weighted by Crippen LogP contribution is 2.59. The molecule has 0 amide bonds. The molecule has 34 heavy (non-hydrogen) atoms. The molecule has 0 heteroatoms. The summed E-state index contributed by atoms with van der Waals surface area (Å²) >= 11 is 0. The average molecular weight is 463 g/mol. The molecule has 0 spiro atoms. The van der Waals surface area contributed by atoms with Crippen LogP contribution in [-0.4, -0.2) is 0 Å². The Labute approximate surface area is 212 Å². The zero-order chi connectivity index (χ0) is 23.9. The molecule has 1 atom stereocenters. The van der Waals surface area contributed by atoms with Crippen LogP contribution in [0.25, 0.3) is 0 Å². The lowest BCUT2D eigenvalue weighted by Gasteiger charge is -2.54. The van der Waals surface area contributed by atoms with E-state index in [0.29, 0.717) is 16.7 Å². The molecule has 0 aromatic heterocycles. The zero-order valence-electron chi connectivity index (χ0n) is 22.8. The van der Waals surface area contributed by atoms with E-state index in [-0.39, 0.29) is 0 Å². The molecule has 0 nitrogen and oxygen atoms in total. The van der Waals surface area contributed by atoms with E-state index in [9.17, 15) is 0 Å². The van der Waals surface area contributed by atoms with Crippen LogP contribution in [0.2, 0.25) is 0 Å². The summed E-state index contributed by atoms with van der Waals surface area (Å²) in [7, 11) is 0. The highest BCUT2D eigenvalue weighted by Gasteiger charge is 2.48. The van der Waals surface area contributed by atoms with Crippen molar-refractivity contribution in [3.63, 3.8) is 0 Å². The summed E-state index contributed by atoms with van der Waals surface area (Å²) in [6.45, 7) is 8.81. The molecule has 0 heterocycles. The third-order valence-electron chi connectivity index (χ3n) is 10.8. The van der Waals surface area contributed by atoms with Gasteiger partial charge < -0.3 is 0 Å². The number of benzene rings is 1. The average Bonchev–Trinajstić information content (AvgIpc) is 2.89. The van der Waals surface area contributed by atoms with Gasteiger partial charge in [0.05, 0.1) is 0 Å². The predicted octanol–water partition coefficient (Wildman–Crippen LogP) is 10.9. The first-order valence-electron chi connectivity index (χ1n) is 15.3. The number of hydrogen-bond acceptors (Lipinski definition) is 0. The first-order chi connectivity index (χ1) is 16.6. The van der Waals surface area contributed by atoms with Gasteiger partial charge in [0.2, 0.25) is 0 Å². The lowest BCUT2D eigenvalue weighted by atomic mass is 9.51. The molecule has 190 valence electrons. The Morgan fingerprint density at radius 3 is 2.03 bits per heavy atom. The third kappa shape index (κ3) is 6.02. The molecular formula is C34H54. The maximum atomic E-state index is 4.14. The molecule has 1 aromatic rings. The molecule has 1 aromatic carbocycles. The summed E-state index contributed by atoms with van der Waals surface area (Å²) in [6.07, 6.45) is 29.4.